The Kier molecular flexibility index (Phi) is 3.51. The van der Waals surface area contributed by atoms with Crippen LogP contribution in [-0.2, 0) is 24.3 Å². The Labute approximate surface area is 116 Å². The summed E-state index contributed by atoms with van der Waals surface area (Å²) >= 11 is 0. The highest BCUT2D eigenvalue weighted by atomic mass is 16.2. The second-order valence-electron chi connectivity index (χ2n) is 5.10. The zero-order valence-electron chi connectivity index (χ0n) is 11.3. The van der Waals surface area contributed by atoms with E-state index in [1.165, 1.54) is 0 Å². The molecule has 1 amide bonds. The summed E-state index contributed by atoms with van der Waals surface area (Å²) in [4.78, 5) is 19.5. The number of hydrogen-bond donors (Lipinski definition) is 3. The van der Waals surface area contributed by atoms with Gasteiger partial charge in [0.25, 0.3) is 0 Å². The van der Waals surface area contributed by atoms with Crippen LogP contribution in [0.4, 0.5) is 0 Å². The molecule has 3 heterocycles. The molecule has 2 unspecified atom stereocenters. The number of aromatic amines is 1. The summed E-state index contributed by atoms with van der Waals surface area (Å²) < 4.78 is 1.81. The quantitative estimate of drug-likeness (QED) is 0.722. The van der Waals surface area contributed by atoms with Gasteiger partial charge in [0.05, 0.1) is 30.3 Å². The van der Waals surface area contributed by atoms with E-state index in [2.05, 4.69) is 25.7 Å². The van der Waals surface area contributed by atoms with Gasteiger partial charge >= 0.3 is 0 Å². The molecule has 1 aliphatic rings. The SMILES string of the molecule is CC(Cn1cccn1)NC(=O)C1Cc2nc[nH]c2CN1. The Morgan fingerprint density at radius 3 is 3.35 bits per heavy atom. The van der Waals surface area contributed by atoms with Gasteiger partial charge in [0.15, 0.2) is 0 Å². The van der Waals surface area contributed by atoms with Crippen LogP contribution < -0.4 is 10.6 Å². The van der Waals surface area contributed by atoms with Crippen molar-refractivity contribution in [2.75, 3.05) is 0 Å². The van der Waals surface area contributed by atoms with Crippen molar-refractivity contribution < 1.29 is 4.79 Å². The number of carbonyl (C=O) groups is 1. The van der Waals surface area contributed by atoms with Crippen LogP contribution in [0.25, 0.3) is 0 Å². The zero-order chi connectivity index (χ0) is 13.9. The fraction of sp³-hybridized carbons (Fsp3) is 0.462. The molecule has 0 saturated carbocycles. The van der Waals surface area contributed by atoms with Gasteiger partial charge in [0, 0.05) is 31.4 Å². The molecule has 2 aromatic rings. The van der Waals surface area contributed by atoms with Crippen LogP contribution >= 0.6 is 0 Å². The number of aromatic nitrogens is 4. The molecule has 2 atom stereocenters. The summed E-state index contributed by atoms with van der Waals surface area (Å²) in [6, 6.07) is 1.69. The van der Waals surface area contributed by atoms with E-state index in [1.807, 2.05) is 23.9 Å². The Balaban J connectivity index is 1.54. The molecule has 106 valence electrons. The summed E-state index contributed by atoms with van der Waals surface area (Å²) in [6.07, 6.45) is 5.92. The maximum absolute atomic E-state index is 12.2. The van der Waals surface area contributed by atoms with Gasteiger partial charge in [-0.3, -0.25) is 14.8 Å². The van der Waals surface area contributed by atoms with Gasteiger partial charge in [-0.1, -0.05) is 0 Å². The first-order valence-electron chi connectivity index (χ1n) is 6.74. The van der Waals surface area contributed by atoms with E-state index in [0.717, 1.165) is 11.4 Å². The molecule has 3 N–H and O–H groups in total. The third kappa shape index (κ3) is 2.72. The maximum Gasteiger partial charge on any atom is 0.237 e. The van der Waals surface area contributed by atoms with Crippen molar-refractivity contribution in [3.05, 3.63) is 36.2 Å². The fourth-order valence-corrected chi connectivity index (χ4v) is 2.43. The van der Waals surface area contributed by atoms with Crippen molar-refractivity contribution in [2.45, 2.75) is 38.5 Å². The van der Waals surface area contributed by atoms with Crippen LogP contribution in [0.1, 0.15) is 18.3 Å². The predicted molar refractivity (Wildman–Crippen MR) is 72.8 cm³/mol. The molecule has 0 aromatic carbocycles. The van der Waals surface area contributed by atoms with E-state index >= 15 is 0 Å². The lowest BCUT2D eigenvalue weighted by Crippen LogP contribution is -2.50. The minimum Gasteiger partial charge on any atom is -0.350 e. The summed E-state index contributed by atoms with van der Waals surface area (Å²) in [5.74, 6) is 0.0123. The number of nitrogens with zero attached hydrogens (tertiary/aromatic N) is 3. The van der Waals surface area contributed by atoms with Crippen molar-refractivity contribution in [3.63, 3.8) is 0 Å². The van der Waals surface area contributed by atoms with E-state index in [9.17, 15) is 4.79 Å². The normalized spacial score (nSPS) is 19.4. The summed E-state index contributed by atoms with van der Waals surface area (Å²) in [7, 11) is 0. The molecule has 0 aliphatic carbocycles. The molecule has 0 spiro atoms. The first-order chi connectivity index (χ1) is 9.72. The Morgan fingerprint density at radius 2 is 2.55 bits per heavy atom. The number of fused-ring (bicyclic) bond motifs is 1. The number of amides is 1. The van der Waals surface area contributed by atoms with E-state index in [-0.39, 0.29) is 18.0 Å². The predicted octanol–water partition coefficient (Wildman–Crippen LogP) is -0.175. The smallest absolute Gasteiger partial charge is 0.237 e. The number of nitrogens with one attached hydrogen (secondary N) is 3. The number of rotatable bonds is 4. The van der Waals surface area contributed by atoms with E-state index < -0.39 is 0 Å². The van der Waals surface area contributed by atoms with Crippen molar-refractivity contribution >= 4 is 5.91 Å². The van der Waals surface area contributed by atoms with E-state index in [1.54, 1.807) is 12.5 Å². The Bertz CT molecular complexity index is 575. The lowest BCUT2D eigenvalue weighted by atomic mass is 10.0. The maximum atomic E-state index is 12.2. The lowest BCUT2D eigenvalue weighted by molar-refractivity contribution is -0.124. The molecule has 7 heteroatoms. The highest BCUT2D eigenvalue weighted by Gasteiger charge is 2.26. The minimum absolute atomic E-state index is 0.0123. The molecule has 7 nitrogen and oxygen atoms in total. The molecule has 2 aromatic heterocycles. The molecule has 3 rings (SSSR count). The third-order valence-electron chi connectivity index (χ3n) is 3.46. The highest BCUT2D eigenvalue weighted by Crippen LogP contribution is 2.12. The molecule has 0 saturated heterocycles. The van der Waals surface area contributed by atoms with Crippen LogP contribution in [0.15, 0.2) is 24.8 Å². The summed E-state index contributed by atoms with van der Waals surface area (Å²) in [5.41, 5.74) is 2.04. The molecule has 0 radical (unpaired) electrons. The van der Waals surface area contributed by atoms with Crippen molar-refractivity contribution in [1.82, 2.24) is 30.4 Å². The molecular formula is C13H18N6O. The fourth-order valence-electron chi connectivity index (χ4n) is 2.43. The topological polar surface area (TPSA) is 87.6 Å². The second-order valence-corrected chi connectivity index (χ2v) is 5.10. The van der Waals surface area contributed by atoms with Gasteiger partial charge in [-0.15, -0.1) is 0 Å². The standard InChI is InChI=1S/C13H18N6O/c1-9(7-19-4-2-3-17-19)18-13(20)11-5-10-12(6-14-11)16-8-15-10/h2-4,8-9,11,14H,5-7H2,1H3,(H,15,16)(H,18,20). The molecule has 20 heavy (non-hydrogen) atoms. The molecule has 1 aliphatic heterocycles. The average molecular weight is 274 g/mol. The van der Waals surface area contributed by atoms with Crippen LogP contribution in [0.3, 0.4) is 0 Å². The molecular weight excluding hydrogens is 256 g/mol. The van der Waals surface area contributed by atoms with Gasteiger partial charge in [-0.25, -0.2) is 4.98 Å². The van der Waals surface area contributed by atoms with Crippen LogP contribution in [0.2, 0.25) is 0 Å². The van der Waals surface area contributed by atoms with Crippen molar-refractivity contribution in [2.24, 2.45) is 0 Å². The lowest BCUT2D eigenvalue weighted by Gasteiger charge is -2.24. The van der Waals surface area contributed by atoms with Gasteiger partial charge in [-0.05, 0) is 13.0 Å². The number of imidazole rings is 1. The van der Waals surface area contributed by atoms with Crippen molar-refractivity contribution in [1.29, 1.82) is 0 Å². The number of carbonyl (C=O) groups excluding carboxylic acids is 1. The largest absolute Gasteiger partial charge is 0.350 e. The van der Waals surface area contributed by atoms with E-state index in [0.29, 0.717) is 19.5 Å². The van der Waals surface area contributed by atoms with Crippen LogP contribution in [0, 0.1) is 0 Å². The van der Waals surface area contributed by atoms with Crippen LogP contribution in [0.5, 0.6) is 0 Å². The molecule has 0 bridgehead atoms. The monoisotopic (exact) mass is 274 g/mol. The van der Waals surface area contributed by atoms with Crippen molar-refractivity contribution in [3.8, 4) is 0 Å². The van der Waals surface area contributed by atoms with Gasteiger partial charge in [0.1, 0.15) is 0 Å². The van der Waals surface area contributed by atoms with Gasteiger partial charge in [-0.2, -0.15) is 5.10 Å². The highest BCUT2D eigenvalue weighted by molar-refractivity contribution is 5.82. The van der Waals surface area contributed by atoms with E-state index in [4.69, 9.17) is 0 Å². The number of H-pyrrole nitrogens is 1. The molecule has 0 fully saturated rings. The first kappa shape index (κ1) is 12.9. The van der Waals surface area contributed by atoms with Gasteiger partial charge < -0.3 is 10.3 Å². The summed E-state index contributed by atoms with van der Waals surface area (Å²) in [6.45, 7) is 3.29. The summed E-state index contributed by atoms with van der Waals surface area (Å²) in [5, 5.41) is 10.4. The second kappa shape index (κ2) is 5.46. The zero-order valence-corrected chi connectivity index (χ0v) is 11.3. The Morgan fingerprint density at radius 1 is 1.65 bits per heavy atom. The number of hydrogen-bond acceptors (Lipinski definition) is 4. The first-order valence-corrected chi connectivity index (χ1v) is 6.74. The Hall–Kier alpha value is -2.15. The van der Waals surface area contributed by atoms with Gasteiger partial charge in [0.2, 0.25) is 5.91 Å². The minimum atomic E-state index is -0.217. The van der Waals surface area contributed by atoms with Crippen LogP contribution in [-0.4, -0.2) is 37.7 Å². The average Bonchev–Trinajstić information content (AvgIpc) is 3.07. The third-order valence-corrected chi connectivity index (χ3v) is 3.46.